The molecule has 6 heteroatoms. The molecule has 0 aliphatic carbocycles. The lowest BCUT2D eigenvalue weighted by Gasteiger charge is -2.24. The minimum absolute atomic E-state index is 0.0316. The number of benzene rings is 2. The molecule has 1 amide bonds. The van der Waals surface area contributed by atoms with Crippen molar-refractivity contribution in [3.63, 3.8) is 0 Å². The van der Waals surface area contributed by atoms with Crippen LogP contribution < -0.4 is 10.1 Å². The van der Waals surface area contributed by atoms with Crippen molar-refractivity contribution in [3.05, 3.63) is 53.6 Å². The van der Waals surface area contributed by atoms with Gasteiger partial charge in [0.1, 0.15) is 23.5 Å². The summed E-state index contributed by atoms with van der Waals surface area (Å²) in [7, 11) is 1.76. The molecule has 2 unspecified atom stereocenters. The zero-order valence-corrected chi connectivity index (χ0v) is 13.1. The van der Waals surface area contributed by atoms with Crippen LogP contribution in [-0.2, 0) is 0 Å². The molecule has 1 fully saturated rings. The summed E-state index contributed by atoms with van der Waals surface area (Å²) in [6.07, 6.45) is -0.145. The topological polar surface area (TPSA) is 41.6 Å². The Morgan fingerprint density at radius 1 is 1.12 bits per heavy atom. The van der Waals surface area contributed by atoms with Crippen LogP contribution in [0.4, 0.5) is 8.78 Å². The highest BCUT2D eigenvalue weighted by molar-refractivity contribution is 5.98. The predicted octanol–water partition coefficient (Wildman–Crippen LogP) is 2.44. The van der Waals surface area contributed by atoms with Gasteiger partial charge >= 0.3 is 0 Å². The molecule has 0 spiro atoms. The van der Waals surface area contributed by atoms with Crippen molar-refractivity contribution in [1.29, 1.82) is 0 Å². The normalized spacial score (nSPS) is 22.6. The minimum Gasteiger partial charge on any atom is -0.486 e. The summed E-state index contributed by atoms with van der Waals surface area (Å²) in [5.74, 6) is -0.956. The van der Waals surface area contributed by atoms with Crippen molar-refractivity contribution in [2.75, 3.05) is 20.1 Å². The van der Waals surface area contributed by atoms with Crippen LogP contribution in [0.1, 0.15) is 10.4 Å². The molecule has 2 heterocycles. The molecule has 2 aromatic rings. The van der Waals surface area contributed by atoms with Crippen LogP contribution in [0, 0.1) is 11.6 Å². The van der Waals surface area contributed by atoms with Crippen molar-refractivity contribution in [2.24, 2.45) is 0 Å². The van der Waals surface area contributed by atoms with Gasteiger partial charge in [-0.2, -0.15) is 0 Å². The van der Waals surface area contributed by atoms with Gasteiger partial charge in [-0.15, -0.1) is 0 Å². The maximum atomic E-state index is 14.0. The van der Waals surface area contributed by atoms with Gasteiger partial charge in [-0.3, -0.25) is 4.79 Å². The van der Waals surface area contributed by atoms with Crippen LogP contribution in [0.25, 0.3) is 11.1 Å². The van der Waals surface area contributed by atoms with Crippen molar-refractivity contribution in [1.82, 2.24) is 10.2 Å². The van der Waals surface area contributed by atoms with Crippen molar-refractivity contribution in [3.8, 4) is 16.9 Å². The number of hydrogen-bond acceptors (Lipinski definition) is 3. The van der Waals surface area contributed by atoms with E-state index in [0.29, 0.717) is 30.0 Å². The third kappa shape index (κ3) is 2.34. The molecule has 4 rings (SSSR count). The Kier molecular flexibility index (Phi) is 3.49. The number of halogens is 2. The third-order valence-electron chi connectivity index (χ3n) is 4.68. The van der Waals surface area contributed by atoms with E-state index >= 15 is 0 Å². The molecule has 24 heavy (non-hydrogen) atoms. The Morgan fingerprint density at radius 2 is 1.92 bits per heavy atom. The zero-order chi connectivity index (χ0) is 16.8. The lowest BCUT2D eigenvalue weighted by Crippen LogP contribution is -2.44. The monoisotopic (exact) mass is 330 g/mol. The number of nitrogens with one attached hydrogen (secondary N) is 1. The Hall–Kier alpha value is -2.47. The van der Waals surface area contributed by atoms with E-state index in [1.807, 2.05) is 0 Å². The molecular formula is C18H16F2N2O2. The molecule has 2 atom stereocenters. The first kappa shape index (κ1) is 15.1. The van der Waals surface area contributed by atoms with Gasteiger partial charge in [-0.1, -0.05) is 6.07 Å². The second-order valence-corrected chi connectivity index (χ2v) is 6.13. The van der Waals surface area contributed by atoms with Crippen LogP contribution in [0.2, 0.25) is 0 Å². The SMILES string of the molecule is CN1C(=O)c2ccc(-c3ccc(F)cc3F)cc2OC2CNCC21. The summed E-state index contributed by atoms with van der Waals surface area (Å²) in [6.45, 7) is 1.33. The Morgan fingerprint density at radius 3 is 2.71 bits per heavy atom. The fourth-order valence-corrected chi connectivity index (χ4v) is 3.34. The lowest BCUT2D eigenvalue weighted by atomic mass is 10.0. The van der Waals surface area contributed by atoms with Gasteiger partial charge in [0.2, 0.25) is 0 Å². The summed E-state index contributed by atoms with van der Waals surface area (Å²) >= 11 is 0. The van der Waals surface area contributed by atoms with Crippen molar-refractivity contribution in [2.45, 2.75) is 12.1 Å². The van der Waals surface area contributed by atoms with E-state index in [-0.39, 0.29) is 23.6 Å². The van der Waals surface area contributed by atoms with Crippen LogP contribution in [0.3, 0.4) is 0 Å². The van der Waals surface area contributed by atoms with Gasteiger partial charge in [0.25, 0.3) is 5.91 Å². The predicted molar refractivity (Wildman–Crippen MR) is 85.0 cm³/mol. The third-order valence-corrected chi connectivity index (χ3v) is 4.68. The number of likely N-dealkylation sites (N-methyl/N-ethyl adjacent to an activating group) is 1. The van der Waals surface area contributed by atoms with Crippen LogP contribution >= 0.6 is 0 Å². The summed E-state index contributed by atoms with van der Waals surface area (Å²) in [5.41, 5.74) is 1.28. The van der Waals surface area contributed by atoms with E-state index in [0.717, 1.165) is 6.07 Å². The van der Waals surface area contributed by atoms with Crippen molar-refractivity contribution < 1.29 is 18.3 Å². The highest BCUT2D eigenvalue weighted by Crippen LogP contribution is 2.33. The molecule has 0 aromatic heterocycles. The van der Waals surface area contributed by atoms with Gasteiger partial charge in [0, 0.05) is 31.8 Å². The maximum Gasteiger partial charge on any atom is 0.257 e. The standard InChI is InChI=1S/C18H16F2N2O2/c1-22-15-8-21-9-17(15)24-16-6-10(2-4-13(16)18(22)23)12-5-3-11(19)7-14(12)20/h2-7,15,17,21H,8-9H2,1H3. The number of carbonyl (C=O) groups is 1. The highest BCUT2D eigenvalue weighted by Gasteiger charge is 2.38. The molecule has 2 aliphatic heterocycles. The first-order valence-electron chi connectivity index (χ1n) is 7.78. The number of carbonyl (C=O) groups excluding carboxylic acids is 1. The van der Waals surface area contributed by atoms with E-state index in [1.54, 1.807) is 30.1 Å². The molecule has 4 nitrogen and oxygen atoms in total. The smallest absolute Gasteiger partial charge is 0.257 e. The largest absolute Gasteiger partial charge is 0.486 e. The van der Waals surface area contributed by atoms with E-state index < -0.39 is 11.6 Å². The average Bonchev–Trinajstić information content (AvgIpc) is 2.98. The van der Waals surface area contributed by atoms with E-state index in [1.165, 1.54) is 12.1 Å². The molecular weight excluding hydrogens is 314 g/mol. The molecule has 124 valence electrons. The second kappa shape index (κ2) is 5.56. The molecule has 2 aromatic carbocycles. The number of rotatable bonds is 1. The van der Waals surface area contributed by atoms with E-state index in [4.69, 9.17) is 4.74 Å². The first-order chi connectivity index (χ1) is 11.5. The summed E-state index contributed by atoms with van der Waals surface area (Å²) in [5, 5.41) is 3.21. The molecule has 0 radical (unpaired) electrons. The highest BCUT2D eigenvalue weighted by atomic mass is 19.1. The minimum atomic E-state index is -0.646. The fourth-order valence-electron chi connectivity index (χ4n) is 3.34. The van der Waals surface area contributed by atoms with E-state index in [9.17, 15) is 13.6 Å². The number of nitrogens with zero attached hydrogens (tertiary/aromatic N) is 1. The Bertz CT molecular complexity index is 825. The molecule has 0 bridgehead atoms. The number of ether oxygens (including phenoxy) is 1. The first-order valence-corrected chi connectivity index (χ1v) is 7.78. The van der Waals surface area contributed by atoms with Gasteiger partial charge in [0.15, 0.2) is 0 Å². The summed E-state index contributed by atoms with van der Waals surface area (Å²) in [4.78, 5) is 14.3. The average molecular weight is 330 g/mol. The molecule has 1 N–H and O–H groups in total. The number of hydrogen-bond donors (Lipinski definition) is 1. The molecule has 0 saturated carbocycles. The van der Waals surface area contributed by atoms with Gasteiger partial charge in [0.05, 0.1) is 11.6 Å². The Labute approximate surface area is 138 Å². The van der Waals surface area contributed by atoms with Crippen LogP contribution in [-0.4, -0.2) is 43.1 Å². The van der Waals surface area contributed by atoms with Gasteiger partial charge in [-0.05, 0) is 29.8 Å². The second-order valence-electron chi connectivity index (χ2n) is 6.13. The lowest BCUT2D eigenvalue weighted by molar-refractivity contribution is 0.0683. The summed E-state index contributed by atoms with van der Waals surface area (Å²) < 4.78 is 33.2. The Balaban J connectivity index is 1.79. The maximum absolute atomic E-state index is 14.0. The van der Waals surface area contributed by atoms with Crippen LogP contribution in [0.15, 0.2) is 36.4 Å². The number of fused-ring (bicyclic) bond motifs is 2. The van der Waals surface area contributed by atoms with E-state index in [2.05, 4.69) is 5.32 Å². The van der Waals surface area contributed by atoms with Gasteiger partial charge in [-0.25, -0.2) is 8.78 Å². The van der Waals surface area contributed by atoms with Crippen LogP contribution in [0.5, 0.6) is 5.75 Å². The summed E-state index contributed by atoms with van der Waals surface area (Å²) in [6, 6.07) is 8.36. The zero-order valence-electron chi connectivity index (χ0n) is 13.1. The fraction of sp³-hybridized carbons (Fsp3) is 0.278. The van der Waals surface area contributed by atoms with Crippen molar-refractivity contribution >= 4 is 5.91 Å². The quantitative estimate of drug-likeness (QED) is 0.873. The molecule has 1 saturated heterocycles. The van der Waals surface area contributed by atoms with Gasteiger partial charge < -0.3 is 15.0 Å². The number of amides is 1. The molecule has 2 aliphatic rings.